The Kier molecular flexibility index (Phi) is 5.08. The van der Waals surface area contributed by atoms with Crippen molar-refractivity contribution in [1.29, 1.82) is 0 Å². The van der Waals surface area contributed by atoms with E-state index in [9.17, 15) is 9.18 Å². The summed E-state index contributed by atoms with van der Waals surface area (Å²) in [6.45, 7) is 2.96. The molecule has 3 heterocycles. The molecule has 0 atom stereocenters. The highest BCUT2D eigenvalue weighted by molar-refractivity contribution is 7.13. The number of carbonyl (C=O) groups excluding carboxylic acids is 1. The molecule has 0 saturated carbocycles. The minimum atomic E-state index is -0.481. The van der Waals surface area contributed by atoms with E-state index in [1.165, 1.54) is 23.5 Å². The molecule has 0 radical (unpaired) electrons. The third-order valence-electron chi connectivity index (χ3n) is 4.19. The minimum Gasteiger partial charge on any atom is -0.378 e. The predicted octanol–water partition coefficient (Wildman–Crippen LogP) is 3.43. The Morgan fingerprint density at radius 3 is 2.85 bits per heavy atom. The van der Waals surface area contributed by atoms with Gasteiger partial charge in [-0.3, -0.25) is 4.79 Å². The zero-order chi connectivity index (χ0) is 18.6. The summed E-state index contributed by atoms with van der Waals surface area (Å²) in [4.78, 5) is 23.3. The van der Waals surface area contributed by atoms with Gasteiger partial charge in [0.25, 0.3) is 5.91 Å². The molecule has 1 aromatic carbocycles. The topological polar surface area (TPSA) is 67.4 Å². The van der Waals surface area contributed by atoms with Crippen LogP contribution in [0.25, 0.3) is 10.6 Å². The molecule has 1 saturated heterocycles. The standard InChI is InChI=1S/C19H17FN4O2S/c20-14-3-1-2-4-15(14)22-18(25)16-12-27-19(23-16)13-5-6-21-17(11-13)24-7-9-26-10-8-24/h1-6,11-12H,7-10H2,(H,22,25). The molecule has 0 unspecified atom stereocenters. The van der Waals surface area contributed by atoms with Gasteiger partial charge in [-0.1, -0.05) is 12.1 Å². The number of morpholine rings is 1. The van der Waals surface area contributed by atoms with Crippen molar-refractivity contribution in [2.45, 2.75) is 0 Å². The van der Waals surface area contributed by atoms with E-state index in [2.05, 4.69) is 20.2 Å². The number of carbonyl (C=O) groups is 1. The summed E-state index contributed by atoms with van der Waals surface area (Å²) >= 11 is 1.36. The SMILES string of the molecule is O=C(Nc1ccccc1F)c1csc(-c2ccnc(N3CCOCC3)c2)n1. The third-order valence-corrected chi connectivity index (χ3v) is 5.08. The largest absolute Gasteiger partial charge is 0.378 e. The second kappa shape index (κ2) is 7.81. The minimum absolute atomic E-state index is 0.135. The number of nitrogens with zero attached hydrogens (tertiary/aromatic N) is 3. The molecule has 1 aliphatic rings. The van der Waals surface area contributed by atoms with Gasteiger partial charge in [0.05, 0.1) is 18.9 Å². The number of aromatic nitrogens is 2. The maximum absolute atomic E-state index is 13.7. The number of halogens is 1. The van der Waals surface area contributed by atoms with Crippen molar-refractivity contribution in [1.82, 2.24) is 9.97 Å². The number of ether oxygens (including phenoxy) is 1. The Morgan fingerprint density at radius 1 is 1.22 bits per heavy atom. The van der Waals surface area contributed by atoms with Crippen molar-refractivity contribution in [3.8, 4) is 10.6 Å². The lowest BCUT2D eigenvalue weighted by Gasteiger charge is -2.27. The molecule has 0 aliphatic carbocycles. The van der Waals surface area contributed by atoms with Crippen LogP contribution in [0.1, 0.15) is 10.5 Å². The number of anilines is 2. The Bertz CT molecular complexity index is 956. The van der Waals surface area contributed by atoms with Gasteiger partial charge in [-0.25, -0.2) is 14.4 Å². The lowest BCUT2D eigenvalue weighted by atomic mass is 10.2. The molecule has 3 aromatic rings. The monoisotopic (exact) mass is 384 g/mol. The van der Waals surface area contributed by atoms with Gasteiger partial charge in [0.2, 0.25) is 0 Å². The zero-order valence-electron chi connectivity index (χ0n) is 14.4. The van der Waals surface area contributed by atoms with Gasteiger partial charge >= 0.3 is 0 Å². The van der Waals surface area contributed by atoms with Crippen molar-refractivity contribution in [3.63, 3.8) is 0 Å². The molecule has 0 spiro atoms. The van der Waals surface area contributed by atoms with Gasteiger partial charge in [-0.2, -0.15) is 0 Å². The van der Waals surface area contributed by atoms with Gasteiger partial charge < -0.3 is 15.0 Å². The van der Waals surface area contributed by atoms with Crippen LogP contribution in [0.5, 0.6) is 0 Å². The lowest BCUT2D eigenvalue weighted by molar-refractivity contribution is 0.102. The number of amides is 1. The molecule has 1 aliphatic heterocycles. The fraction of sp³-hybridized carbons (Fsp3) is 0.211. The number of para-hydroxylation sites is 1. The molecule has 1 fully saturated rings. The highest BCUT2D eigenvalue weighted by Gasteiger charge is 2.16. The number of pyridine rings is 1. The highest BCUT2D eigenvalue weighted by atomic mass is 32.1. The summed E-state index contributed by atoms with van der Waals surface area (Å²) in [5.74, 6) is -0.0565. The maximum Gasteiger partial charge on any atom is 0.275 e. The Labute approximate surface area is 159 Å². The molecule has 138 valence electrons. The first-order chi connectivity index (χ1) is 13.2. The van der Waals surface area contributed by atoms with E-state index >= 15 is 0 Å². The van der Waals surface area contributed by atoms with Gasteiger partial charge in [0.15, 0.2) is 0 Å². The fourth-order valence-electron chi connectivity index (χ4n) is 2.78. The number of rotatable bonds is 4. The maximum atomic E-state index is 13.7. The third kappa shape index (κ3) is 3.96. The number of thiazole rings is 1. The van der Waals surface area contributed by atoms with Crippen LogP contribution in [-0.4, -0.2) is 42.2 Å². The van der Waals surface area contributed by atoms with E-state index in [0.717, 1.165) is 24.5 Å². The van der Waals surface area contributed by atoms with Crippen LogP contribution >= 0.6 is 11.3 Å². The van der Waals surface area contributed by atoms with Crippen molar-refractivity contribution < 1.29 is 13.9 Å². The fourth-order valence-corrected chi connectivity index (χ4v) is 3.57. The van der Waals surface area contributed by atoms with Crippen molar-refractivity contribution in [3.05, 3.63) is 59.5 Å². The van der Waals surface area contributed by atoms with Crippen LogP contribution in [0.15, 0.2) is 48.0 Å². The smallest absolute Gasteiger partial charge is 0.275 e. The van der Waals surface area contributed by atoms with Gasteiger partial charge in [-0.15, -0.1) is 11.3 Å². The van der Waals surface area contributed by atoms with Gasteiger partial charge in [0, 0.05) is 30.2 Å². The Balaban J connectivity index is 1.52. The summed E-state index contributed by atoms with van der Waals surface area (Å²) in [6, 6.07) is 9.87. The molecule has 27 heavy (non-hydrogen) atoms. The van der Waals surface area contributed by atoms with Crippen molar-refractivity contribution in [2.24, 2.45) is 0 Å². The predicted molar refractivity (Wildman–Crippen MR) is 103 cm³/mol. The van der Waals surface area contributed by atoms with E-state index in [4.69, 9.17) is 4.74 Å². The number of hydrogen-bond acceptors (Lipinski definition) is 6. The highest BCUT2D eigenvalue weighted by Crippen LogP contribution is 2.27. The summed E-state index contributed by atoms with van der Waals surface area (Å²) < 4.78 is 19.1. The Morgan fingerprint density at radius 2 is 2.04 bits per heavy atom. The van der Waals surface area contributed by atoms with Crippen molar-refractivity contribution >= 4 is 28.7 Å². The number of nitrogens with one attached hydrogen (secondary N) is 1. The zero-order valence-corrected chi connectivity index (χ0v) is 15.2. The quantitative estimate of drug-likeness (QED) is 0.746. The van der Waals surface area contributed by atoms with E-state index < -0.39 is 11.7 Å². The number of hydrogen-bond donors (Lipinski definition) is 1. The summed E-state index contributed by atoms with van der Waals surface area (Å²) in [6.07, 6.45) is 1.74. The van der Waals surface area contributed by atoms with E-state index in [1.54, 1.807) is 23.7 Å². The first-order valence-electron chi connectivity index (χ1n) is 8.51. The molecule has 8 heteroatoms. The normalized spacial score (nSPS) is 14.2. The summed E-state index contributed by atoms with van der Waals surface area (Å²) in [7, 11) is 0. The molecular weight excluding hydrogens is 367 g/mol. The van der Waals surface area contributed by atoms with E-state index in [1.807, 2.05) is 12.1 Å². The number of benzene rings is 1. The molecule has 2 aromatic heterocycles. The second-order valence-electron chi connectivity index (χ2n) is 5.97. The van der Waals surface area contributed by atoms with Crippen LogP contribution < -0.4 is 10.2 Å². The van der Waals surface area contributed by atoms with E-state index in [0.29, 0.717) is 18.2 Å². The first kappa shape index (κ1) is 17.6. The van der Waals surface area contributed by atoms with Crippen LogP contribution in [-0.2, 0) is 4.74 Å². The first-order valence-corrected chi connectivity index (χ1v) is 9.39. The van der Waals surface area contributed by atoms with Crippen molar-refractivity contribution in [2.75, 3.05) is 36.5 Å². The lowest BCUT2D eigenvalue weighted by Crippen LogP contribution is -2.36. The Hall–Kier alpha value is -2.84. The second-order valence-corrected chi connectivity index (χ2v) is 6.83. The van der Waals surface area contributed by atoms with Gasteiger partial charge in [0.1, 0.15) is 22.3 Å². The van der Waals surface area contributed by atoms with Crippen LogP contribution in [0, 0.1) is 5.82 Å². The van der Waals surface area contributed by atoms with Crippen LogP contribution in [0.3, 0.4) is 0 Å². The molecule has 4 rings (SSSR count). The summed E-state index contributed by atoms with van der Waals surface area (Å²) in [5, 5.41) is 4.93. The summed E-state index contributed by atoms with van der Waals surface area (Å²) in [5.41, 5.74) is 1.28. The van der Waals surface area contributed by atoms with E-state index in [-0.39, 0.29) is 11.4 Å². The molecule has 1 amide bonds. The average molecular weight is 384 g/mol. The molecule has 1 N–H and O–H groups in total. The van der Waals surface area contributed by atoms with Gasteiger partial charge in [-0.05, 0) is 24.3 Å². The molecule has 6 nitrogen and oxygen atoms in total. The molecule has 0 bridgehead atoms. The molecular formula is C19H17FN4O2S. The van der Waals surface area contributed by atoms with Crippen LogP contribution in [0.4, 0.5) is 15.9 Å². The van der Waals surface area contributed by atoms with Crippen LogP contribution in [0.2, 0.25) is 0 Å². The average Bonchev–Trinajstić information content (AvgIpc) is 3.21.